The number of hydrogen-bond donors (Lipinski definition) is 1. The Morgan fingerprint density at radius 1 is 1.17 bits per heavy atom. The van der Waals surface area contributed by atoms with Crippen molar-refractivity contribution in [3.8, 4) is 0 Å². The van der Waals surface area contributed by atoms with E-state index < -0.39 is 17.4 Å². The number of benzene rings is 1. The summed E-state index contributed by atoms with van der Waals surface area (Å²) in [4.78, 5) is 25.4. The molecular weight excluding hydrogens is 326 g/mol. The second-order valence-electron chi connectivity index (χ2n) is 6.17. The van der Waals surface area contributed by atoms with Gasteiger partial charge < -0.3 is 10.6 Å². The number of halogens is 3. The van der Waals surface area contributed by atoms with Crippen LogP contribution in [0.1, 0.15) is 37.0 Å². The van der Waals surface area contributed by atoms with Gasteiger partial charge in [0.25, 0.3) is 0 Å². The maximum atomic E-state index is 13.1. The zero-order valence-electron chi connectivity index (χ0n) is 13.6. The molecule has 1 rings (SSSR count). The summed E-state index contributed by atoms with van der Waals surface area (Å²) in [5.41, 5.74) is 5.49. The van der Waals surface area contributed by atoms with Crippen molar-refractivity contribution in [1.29, 1.82) is 0 Å². The Labute approximate surface area is 141 Å². The van der Waals surface area contributed by atoms with Gasteiger partial charge in [-0.1, -0.05) is 13.8 Å². The fourth-order valence-corrected chi connectivity index (χ4v) is 2.02. The Balaban J connectivity index is 0.00000484. The summed E-state index contributed by atoms with van der Waals surface area (Å²) in [5, 5.41) is 0. The Morgan fingerprint density at radius 3 is 2.30 bits per heavy atom. The molecule has 2 N–H and O–H groups in total. The zero-order chi connectivity index (χ0) is 16.9. The quantitative estimate of drug-likeness (QED) is 0.771. The van der Waals surface area contributed by atoms with Gasteiger partial charge in [0, 0.05) is 32.0 Å². The smallest absolute Gasteiger partial charge is 0.222 e. The van der Waals surface area contributed by atoms with E-state index in [1.165, 1.54) is 11.0 Å². The van der Waals surface area contributed by atoms with E-state index in [1.807, 2.05) is 13.8 Å². The maximum absolute atomic E-state index is 13.1. The van der Waals surface area contributed by atoms with Crippen LogP contribution in [0.3, 0.4) is 0 Å². The lowest BCUT2D eigenvalue weighted by molar-refractivity contribution is -0.131. The third-order valence-corrected chi connectivity index (χ3v) is 3.45. The number of hydrogen-bond acceptors (Lipinski definition) is 3. The predicted molar refractivity (Wildman–Crippen MR) is 87.6 cm³/mol. The van der Waals surface area contributed by atoms with Crippen molar-refractivity contribution in [1.82, 2.24) is 4.90 Å². The van der Waals surface area contributed by atoms with Gasteiger partial charge in [-0.25, -0.2) is 8.78 Å². The highest BCUT2D eigenvalue weighted by Gasteiger charge is 2.21. The normalized spacial score (nSPS) is 10.9. The second-order valence-corrected chi connectivity index (χ2v) is 6.17. The van der Waals surface area contributed by atoms with E-state index in [9.17, 15) is 18.4 Å². The molecule has 0 fully saturated rings. The van der Waals surface area contributed by atoms with Crippen molar-refractivity contribution in [3.05, 3.63) is 35.4 Å². The number of ketones is 1. The highest BCUT2D eigenvalue weighted by molar-refractivity contribution is 5.97. The Morgan fingerprint density at radius 2 is 1.78 bits per heavy atom. The molecule has 0 heterocycles. The number of rotatable bonds is 7. The van der Waals surface area contributed by atoms with E-state index in [0.29, 0.717) is 13.1 Å². The van der Waals surface area contributed by atoms with Gasteiger partial charge >= 0.3 is 0 Å². The first-order chi connectivity index (χ1) is 10.2. The van der Waals surface area contributed by atoms with Crippen molar-refractivity contribution >= 4 is 24.1 Å². The van der Waals surface area contributed by atoms with E-state index in [1.54, 1.807) is 7.05 Å². The fourth-order valence-electron chi connectivity index (χ4n) is 2.02. The molecule has 0 aliphatic rings. The molecule has 0 aromatic heterocycles. The van der Waals surface area contributed by atoms with E-state index in [-0.39, 0.29) is 42.1 Å². The van der Waals surface area contributed by atoms with Crippen molar-refractivity contribution in [2.24, 2.45) is 11.1 Å². The summed E-state index contributed by atoms with van der Waals surface area (Å²) in [6, 6.07) is 2.97. The summed E-state index contributed by atoms with van der Waals surface area (Å²) >= 11 is 0. The third-order valence-electron chi connectivity index (χ3n) is 3.45. The predicted octanol–water partition coefficient (Wildman–Crippen LogP) is 2.79. The Bertz CT molecular complexity index is 565. The average molecular weight is 349 g/mol. The number of nitrogens with zero attached hydrogens (tertiary/aromatic N) is 1. The molecule has 0 unspecified atom stereocenters. The molecule has 0 aliphatic heterocycles. The molecule has 0 aliphatic carbocycles. The minimum absolute atomic E-state index is 0. The molecule has 0 saturated heterocycles. The van der Waals surface area contributed by atoms with Crippen LogP contribution < -0.4 is 5.73 Å². The molecule has 130 valence electrons. The topological polar surface area (TPSA) is 63.4 Å². The van der Waals surface area contributed by atoms with Gasteiger partial charge in [-0.15, -0.1) is 12.4 Å². The third kappa shape index (κ3) is 6.62. The zero-order valence-corrected chi connectivity index (χ0v) is 14.4. The maximum Gasteiger partial charge on any atom is 0.222 e. The van der Waals surface area contributed by atoms with E-state index in [4.69, 9.17) is 5.73 Å². The minimum atomic E-state index is -1.07. The van der Waals surface area contributed by atoms with Crippen LogP contribution in [0.5, 0.6) is 0 Å². The van der Waals surface area contributed by atoms with Crippen LogP contribution in [-0.2, 0) is 4.79 Å². The molecule has 1 aromatic carbocycles. The monoisotopic (exact) mass is 348 g/mol. The number of carbonyl (C=O) groups excluding carboxylic acids is 2. The molecule has 1 amide bonds. The van der Waals surface area contributed by atoms with Crippen LogP contribution in [0.25, 0.3) is 0 Å². The van der Waals surface area contributed by atoms with Crippen LogP contribution in [-0.4, -0.2) is 36.7 Å². The number of nitrogens with two attached hydrogens (primary N) is 1. The minimum Gasteiger partial charge on any atom is -0.345 e. The highest BCUT2D eigenvalue weighted by Crippen LogP contribution is 2.16. The molecule has 0 saturated carbocycles. The van der Waals surface area contributed by atoms with E-state index in [0.717, 1.165) is 12.1 Å². The SMILES string of the molecule is CN(CC(C)(C)CN)C(=O)CCC(=O)c1ccc(F)c(F)c1.Cl. The number of amides is 1. The molecule has 23 heavy (non-hydrogen) atoms. The van der Waals surface area contributed by atoms with Gasteiger partial charge in [0.05, 0.1) is 0 Å². The van der Waals surface area contributed by atoms with Crippen LogP contribution in [0.4, 0.5) is 8.78 Å². The van der Waals surface area contributed by atoms with Gasteiger partial charge in [0.15, 0.2) is 17.4 Å². The summed E-state index contributed by atoms with van der Waals surface area (Å²) in [5.74, 6) is -2.65. The Hall–Kier alpha value is -1.53. The summed E-state index contributed by atoms with van der Waals surface area (Å²) < 4.78 is 25.9. The summed E-state index contributed by atoms with van der Waals surface area (Å²) in [6.45, 7) is 4.83. The highest BCUT2D eigenvalue weighted by atomic mass is 35.5. The number of carbonyl (C=O) groups is 2. The van der Waals surface area contributed by atoms with Crippen molar-refractivity contribution in [3.63, 3.8) is 0 Å². The molecular formula is C16H23ClF2N2O2. The molecule has 0 spiro atoms. The van der Waals surface area contributed by atoms with Crippen LogP contribution >= 0.6 is 12.4 Å². The lowest BCUT2D eigenvalue weighted by Crippen LogP contribution is -2.39. The fraction of sp³-hybridized carbons (Fsp3) is 0.500. The van der Waals surface area contributed by atoms with Gasteiger partial charge in [-0.2, -0.15) is 0 Å². The first-order valence-corrected chi connectivity index (χ1v) is 7.08. The van der Waals surface area contributed by atoms with Crippen LogP contribution in [0.2, 0.25) is 0 Å². The molecule has 1 aromatic rings. The van der Waals surface area contributed by atoms with Crippen molar-refractivity contribution in [2.75, 3.05) is 20.1 Å². The van der Waals surface area contributed by atoms with Crippen molar-refractivity contribution in [2.45, 2.75) is 26.7 Å². The van der Waals surface area contributed by atoms with Gasteiger partial charge in [-0.3, -0.25) is 9.59 Å². The first-order valence-electron chi connectivity index (χ1n) is 7.08. The van der Waals surface area contributed by atoms with Gasteiger partial charge in [0.2, 0.25) is 5.91 Å². The lowest BCUT2D eigenvalue weighted by atomic mass is 9.93. The van der Waals surface area contributed by atoms with Crippen LogP contribution in [0.15, 0.2) is 18.2 Å². The van der Waals surface area contributed by atoms with E-state index >= 15 is 0 Å². The standard InChI is InChI=1S/C16H22F2N2O2.ClH/c1-16(2,9-19)10-20(3)15(22)7-6-14(21)11-4-5-12(17)13(18)8-11;/h4-5,8H,6-7,9-10,19H2,1-3H3;1H. The number of Topliss-reactive ketones (excluding diaryl/α,β-unsaturated/α-hetero) is 1. The average Bonchev–Trinajstić information content (AvgIpc) is 2.46. The lowest BCUT2D eigenvalue weighted by Gasteiger charge is -2.29. The van der Waals surface area contributed by atoms with Gasteiger partial charge in [0.1, 0.15) is 0 Å². The largest absolute Gasteiger partial charge is 0.345 e. The van der Waals surface area contributed by atoms with Crippen molar-refractivity contribution < 1.29 is 18.4 Å². The molecule has 4 nitrogen and oxygen atoms in total. The first kappa shape index (κ1) is 21.5. The summed E-state index contributed by atoms with van der Waals surface area (Å²) in [7, 11) is 1.65. The summed E-state index contributed by atoms with van der Waals surface area (Å²) in [6.07, 6.45) is -0.0215. The molecule has 7 heteroatoms. The Kier molecular flexibility index (Phi) is 8.34. The second kappa shape index (κ2) is 8.93. The van der Waals surface area contributed by atoms with Crippen LogP contribution in [0, 0.1) is 17.0 Å². The molecule has 0 atom stereocenters. The van der Waals surface area contributed by atoms with E-state index in [2.05, 4.69) is 0 Å². The van der Waals surface area contributed by atoms with Gasteiger partial charge in [-0.05, 0) is 30.2 Å². The molecule has 0 bridgehead atoms. The molecule has 0 radical (unpaired) electrons.